The lowest BCUT2D eigenvalue weighted by Crippen LogP contribution is -2.47. The predicted molar refractivity (Wildman–Crippen MR) is 72.0 cm³/mol. The Morgan fingerprint density at radius 2 is 1.71 bits per heavy atom. The van der Waals surface area contributed by atoms with Gasteiger partial charge in [0, 0.05) is 19.1 Å². The van der Waals surface area contributed by atoms with E-state index in [4.69, 9.17) is 0 Å². The maximum absolute atomic E-state index is 12.2. The van der Waals surface area contributed by atoms with Crippen molar-refractivity contribution < 1.29 is 4.79 Å². The Morgan fingerprint density at radius 1 is 1.18 bits per heavy atom. The fourth-order valence-electron chi connectivity index (χ4n) is 2.64. The van der Waals surface area contributed by atoms with E-state index in [2.05, 4.69) is 19.2 Å². The highest BCUT2D eigenvalue weighted by Crippen LogP contribution is 2.11. The van der Waals surface area contributed by atoms with Crippen LogP contribution in [-0.2, 0) is 4.79 Å². The molecule has 0 radical (unpaired) electrons. The van der Waals surface area contributed by atoms with Crippen LogP contribution in [0.15, 0.2) is 0 Å². The van der Waals surface area contributed by atoms with Gasteiger partial charge in [0.05, 0.1) is 6.04 Å². The third kappa shape index (κ3) is 4.66. The molecule has 0 saturated carbocycles. The monoisotopic (exact) mass is 240 g/mol. The molecule has 1 heterocycles. The third-order valence-corrected chi connectivity index (χ3v) is 3.55. The molecule has 1 atom stereocenters. The molecule has 1 fully saturated rings. The van der Waals surface area contributed by atoms with Gasteiger partial charge in [-0.15, -0.1) is 0 Å². The van der Waals surface area contributed by atoms with Gasteiger partial charge >= 0.3 is 0 Å². The Hall–Kier alpha value is -0.570. The SMILES string of the molecule is CCCC(CCC)NC(C)C(=O)N1CCCC1. The van der Waals surface area contributed by atoms with Gasteiger partial charge < -0.3 is 10.2 Å². The van der Waals surface area contributed by atoms with Crippen LogP contribution in [0.3, 0.4) is 0 Å². The average molecular weight is 240 g/mol. The molecule has 0 spiro atoms. The summed E-state index contributed by atoms with van der Waals surface area (Å²) in [5, 5.41) is 3.50. The number of nitrogens with zero attached hydrogens (tertiary/aromatic N) is 1. The van der Waals surface area contributed by atoms with E-state index in [1.807, 2.05) is 11.8 Å². The van der Waals surface area contributed by atoms with Crippen LogP contribution in [0.4, 0.5) is 0 Å². The number of carbonyl (C=O) groups excluding carboxylic acids is 1. The fraction of sp³-hybridized carbons (Fsp3) is 0.929. The van der Waals surface area contributed by atoms with Gasteiger partial charge in [-0.05, 0) is 32.6 Å². The van der Waals surface area contributed by atoms with Gasteiger partial charge in [0.1, 0.15) is 0 Å². The zero-order valence-corrected chi connectivity index (χ0v) is 11.7. The van der Waals surface area contributed by atoms with Crippen LogP contribution in [-0.4, -0.2) is 36.0 Å². The quantitative estimate of drug-likeness (QED) is 0.742. The number of amides is 1. The van der Waals surface area contributed by atoms with Crippen molar-refractivity contribution in [2.45, 2.75) is 71.4 Å². The number of hydrogen-bond donors (Lipinski definition) is 1. The summed E-state index contributed by atoms with van der Waals surface area (Å²) in [6.45, 7) is 8.34. The smallest absolute Gasteiger partial charge is 0.239 e. The van der Waals surface area contributed by atoms with E-state index in [0.29, 0.717) is 11.9 Å². The van der Waals surface area contributed by atoms with Crippen LogP contribution in [0.1, 0.15) is 59.3 Å². The second-order valence-electron chi connectivity index (χ2n) is 5.20. The molecule has 0 aromatic rings. The normalized spacial score (nSPS) is 17.8. The fourth-order valence-corrected chi connectivity index (χ4v) is 2.64. The molecule has 3 nitrogen and oxygen atoms in total. The van der Waals surface area contributed by atoms with Gasteiger partial charge in [0.25, 0.3) is 0 Å². The Morgan fingerprint density at radius 3 is 2.18 bits per heavy atom. The van der Waals surface area contributed by atoms with Crippen LogP contribution >= 0.6 is 0 Å². The van der Waals surface area contributed by atoms with Crippen molar-refractivity contribution in [1.29, 1.82) is 0 Å². The first-order valence-electron chi connectivity index (χ1n) is 7.23. The van der Waals surface area contributed by atoms with Crippen LogP contribution < -0.4 is 5.32 Å². The van der Waals surface area contributed by atoms with E-state index >= 15 is 0 Å². The zero-order chi connectivity index (χ0) is 12.7. The number of rotatable bonds is 7. The first-order valence-corrected chi connectivity index (χ1v) is 7.23. The maximum atomic E-state index is 12.2. The largest absolute Gasteiger partial charge is 0.341 e. The number of hydrogen-bond acceptors (Lipinski definition) is 2. The highest BCUT2D eigenvalue weighted by atomic mass is 16.2. The Labute approximate surface area is 106 Å². The number of nitrogens with one attached hydrogen (secondary N) is 1. The van der Waals surface area contributed by atoms with Crippen LogP contribution in [0.5, 0.6) is 0 Å². The van der Waals surface area contributed by atoms with E-state index in [9.17, 15) is 4.79 Å². The average Bonchev–Trinajstić information content (AvgIpc) is 2.82. The first-order chi connectivity index (χ1) is 8.19. The molecular formula is C14H28N2O. The summed E-state index contributed by atoms with van der Waals surface area (Å²) in [6.07, 6.45) is 7.05. The molecular weight excluding hydrogens is 212 g/mol. The molecule has 1 aliphatic rings. The molecule has 0 bridgehead atoms. The molecule has 0 aromatic carbocycles. The summed E-state index contributed by atoms with van der Waals surface area (Å²) in [5.41, 5.74) is 0. The van der Waals surface area contributed by atoms with Crippen molar-refractivity contribution in [2.75, 3.05) is 13.1 Å². The summed E-state index contributed by atoms with van der Waals surface area (Å²) in [6, 6.07) is 0.489. The van der Waals surface area contributed by atoms with E-state index in [0.717, 1.165) is 13.1 Å². The predicted octanol–water partition coefficient (Wildman–Crippen LogP) is 2.56. The summed E-state index contributed by atoms with van der Waals surface area (Å²) in [5.74, 6) is 0.291. The zero-order valence-electron chi connectivity index (χ0n) is 11.7. The summed E-state index contributed by atoms with van der Waals surface area (Å²) in [7, 11) is 0. The van der Waals surface area contributed by atoms with Gasteiger partial charge in [-0.25, -0.2) is 0 Å². The number of likely N-dealkylation sites (tertiary alicyclic amines) is 1. The van der Waals surface area contributed by atoms with Crippen molar-refractivity contribution in [1.82, 2.24) is 10.2 Å². The van der Waals surface area contributed by atoms with E-state index in [1.165, 1.54) is 38.5 Å². The highest BCUT2D eigenvalue weighted by Gasteiger charge is 2.24. The van der Waals surface area contributed by atoms with Crippen molar-refractivity contribution in [3.63, 3.8) is 0 Å². The van der Waals surface area contributed by atoms with Gasteiger partial charge in [-0.1, -0.05) is 26.7 Å². The summed E-state index contributed by atoms with van der Waals surface area (Å²) in [4.78, 5) is 14.2. The molecule has 1 rings (SSSR count). The topological polar surface area (TPSA) is 32.3 Å². The molecule has 17 heavy (non-hydrogen) atoms. The molecule has 1 N–H and O–H groups in total. The molecule has 100 valence electrons. The lowest BCUT2D eigenvalue weighted by molar-refractivity contribution is -0.132. The molecule has 1 aliphatic heterocycles. The van der Waals surface area contributed by atoms with E-state index in [-0.39, 0.29) is 6.04 Å². The molecule has 0 aliphatic carbocycles. The Balaban J connectivity index is 2.38. The van der Waals surface area contributed by atoms with E-state index in [1.54, 1.807) is 0 Å². The molecule has 1 unspecified atom stereocenters. The van der Waals surface area contributed by atoms with Gasteiger partial charge in [-0.2, -0.15) is 0 Å². The maximum Gasteiger partial charge on any atom is 0.239 e. The summed E-state index contributed by atoms with van der Waals surface area (Å²) < 4.78 is 0. The first kappa shape index (κ1) is 14.5. The van der Waals surface area contributed by atoms with Crippen LogP contribution in [0.2, 0.25) is 0 Å². The molecule has 0 aromatic heterocycles. The minimum atomic E-state index is -0.0174. The lowest BCUT2D eigenvalue weighted by Gasteiger charge is -2.25. The van der Waals surface area contributed by atoms with Crippen LogP contribution in [0, 0.1) is 0 Å². The minimum Gasteiger partial charge on any atom is -0.341 e. The second-order valence-corrected chi connectivity index (χ2v) is 5.20. The standard InChI is InChI=1S/C14H28N2O/c1-4-8-13(9-5-2)15-12(3)14(17)16-10-6-7-11-16/h12-13,15H,4-11H2,1-3H3. The van der Waals surface area contributed by atoms with Gasteiger partial charge in [0.2, 0.25) is 5.91 Å². The van der Waals surface area contributed by atoms with E-state index < -0.39 is 0 Å². The van der Waals surface area contributed by atoms with Crippen LogP contribution in [0.25, 0.3) is 0 Å². The third-order valence-electron chi connectivity index (χ3n) is 3.55. The second kappa shape index (κ2) is 7.70. The highest BCUT2D eigenvalue weighted by molar-refractivity contribution is 5.81. The Bertz CT molecular complexity index is 218. The van der Waals surface area contributed by atoms with Crippen molar-refractivity contribution >= 4 is 5.91 Å². The molecule has 1 saturated heterocycles. The van der Waals surface area contributed by atoms with Gasteiger partial charge in [0.15, 0.2) is 0 Å². The number of carbonyl (C=O) groups is 1. The minimum absolute atomic E-state index is 0.0174. The van der Waals surface area contributed by atoms with Crippen molar-refractivity contribution in [2.24, 2.45) is 0 Å². The lowest BCUT2D eigenvalue weighted by atomic mass is 10.1. The van der Waals surface area contributed by atoms with Crippen molar-refractivity contribution in [3.8, 4) is 0 Å². The summed E-state index contributed by atoms with van der Waals surface area (Å²) >= 11 is 0. The Kier molecular flexibility index (Phi) is 6.56. The molecule has 1 amide bonds. The molecule has 3 heteroatoms. The van der Waals surface area contributed by atoms with Crippen molar-refractivity contribution in [3.05, 3.63) is 0 Å². The van der Waals surface area contributed by atoms with Gasteiger partial charge in [-0.3, -0.25) is 4.79 Å².